The molecule has 1 amide bonds. The number of halogens is 3. The number of aromatic nitrogens is 2. The highest BCUT2D eigenvalue weighted by molar-refractivity contribution is 5.76. The molecule has 0 atom stereocenters. The number of nitrogens with one attached hydrogen (secondary N) is 1. The predicted molar refractivity (Wildman–Crippen MR) is 119 cm³/mol. The number of hydrogen-bond donors (Lipinski definition) is 2. The maximum atomic E-state index is 13.1. The van der Waals surface area contributed by atoms with Gasteiger partial charge in [-0.2, -0.15) is 13.2 Å². The highest BCUT2D eigenvalue weighted by Gasteiger charge is 2.30. The van der Waals surface area contributed by atoms with Crippen LogP contribution in [-0.2, 0) is 30.5 Å². The summed E-state index contributed by atoms with van der Waals surface area (Å²) < 4.78 is 45.1. The van der Waals surface area contributed by atoms with Gasteiger partial charge in [0.2, 0.25) is 5.91 Å². The molecule has 180 valence electrons. The fourth-order valence-electron chi connectivity index (χ4n) is 3.42. The van der Waals surface area contributed by atoms with Crippen LogP contribution in [0.3, 0.4) is 0 Å². The topological polar surface area (TPSA) is 93.4 Å². The van der Waals surface area contributed by atoms with Gasteiger partial charge in [0.1, 0.15) is 18.1 Å². The third-order valence-electron chi connectivity index (χ3n) is 5.25. The molecule has 0 aliphatic heterocycles. The predicted octanol–water partition coefficient (Wildman–Crippen LogP) is 3.10. The molecule has 0 saturated heterocycles. The Hall–Kier alpha value is -3.66. The third kappa shape index (κ3) is 5.82. The molecule has 0 bridgehead atoms. The van der Waals surface area contributed by atoms with E-state index in [1.54, 1.807) is 38.3 Å². The summed E-state index contributed by atoms with van der Waals surface area (Å²) in [4.78, 5) is 30.2. The van der Waals surface area contributed by atoms with Gasteiger partial charge >= 0.3 is 6.18 Å². The first kappa shape index (κ1) is 25.0. The number of nitrogens with zero attached hydrogens (tertiary/aromatic N) is 2. The fourth-order valence-corrected chi connectivity index (χ4v) is 3.42. The van der Waals surface area contributed by atoms with Gasteiger partial charge in [0.15, 0.2) is 0 Å². The van der Waals surface area contributed by atoms with Gasteiger partial charge in [0.05, 0.1) is 12.7 Å². The fraction of sp³-hybridized carbons (Fsp3) is 0.292. The summed E-state index contributed by atoms with van der Waals surface area (Å²) in [5.41, 5.74) is 0.274. The summed E-state index contributed by atoms with van der Waals surface area (Å²) in [6, 6.07) is 11.3. The second kappa shape index (κ2) is 10.5. The molecule has 7 nitrogen and oxygen atoms in total. The minimum Gasteiger partial charge on any atom is -0.497 e. The third-order valence-corrected chi connectivity index (χ3v) is 5.25. The molecule has 3 rings (SSSR count). The number of aryl methyl sites for hydroxylation is 1. The Morgan fingerprint density at radius 1 is 1.12 bits per heavy atom. The Labute approximate surface area is 193 Å². The van der Waals surface area contributed by atoms with Gasteiger partial charge in [-0.1, -0.05) is 24.3 Å². The Bertz CT molecular complexity index is 1200. The zero-order valence-electron chi connectivity index (χ0n) is 18.6. The van der Waals surface area contributed by atoms with Crippen molar-refractivity contribution in [2.45, 2.75) is 32.6 Å². The number of alkyl halides is 3. The molecule has 0 aliphatic carbocycles. The van der Waals surface area contributed by atoms with E-state index in [9.17, 15) is 27.9 Å². The Morgan fingerprint density at radius 3 is 2.32 bits per heavy atom. The summed E-state index contributed by atoms with van der Waals surface area (Å²) in [5.74, 6) is 0.258. The molecule has 0 radical (unpaired) electrons. The number of rotatable bonds is 8. The zero-order valence-corrected chi connectivity index (χ0v) is 18.6. The second-order valence-electron chi connectivity index (χ2n) is 7.56. The number of aliphatic hydroxyl groups excluding tert-OH is 1. The van der Waals surface area contributed by atoms with E-state index >= 15 is 0 Å². The van der Waals surface area contributed by atoms with Crippen molar-refractivity contribution < 1.29 is 27.8 Å². The van der Waals surface area contributed by atoms with E-state index in [2.05, 4.69) is 10.3 Å². The number of carbonyl (C=O) groups is 1. The average molecular weight is 475 g/mol. The molecule has 0 saturated carbocycles. The SMILES string of the molecule is COc1ccc(CNC(=O)Cn2c(-c3ccc(C(F)(F)F)cc3)nc(C)c(CCO)c2=O)cc1. The average Bonchev–Trinajstić information content (AvgIpc) is 2.82. The lowest BCUT2D eigenvalue weighted by Crippen LogP contribution is -2.35. The Morgan fingerprint density at radius 2 is 1.76 bits per heavy atom. The molecular formula is C24H24F3N3O4. The van der Waals surface area contributed by atoms with E-state index in [-0.39, 0.29) is 36.5 Å². The maximum Gasteiger partial charge on any atom is 0.416 e. The molecule has 1 aromatic heterocycles. The molecule has 1 heterocycles. The Kier molecular flexibility index (Phi) is 7.72. The van der Waals surface area contributed by atoms with Crippen LogP contribution in [0.25, 0.3) is 11.4 Å². The van der Waals surface area contributed by atoms with Crippen molar-refractivity contribution in [1.82, 2.24) is 14.9 Å². The largest absolute Gasteiger partial charge is 0.497 e. The van der Waals surface area contributed by atoms with Gasteiger partial charge in [0.25, 0.3) is 5.56 Å². The number of aliphatic hydroxyl groups is 1. The van der Waals surface area contributed by atoms with E-state index in [1.165, 1.54) is 12.1 Å². The first-order valence-electron chi connectivity index (χ1n) is 10.4. The maximum absolute atomic E-state index is 13.1. The van der Waals surface area contributed by atoms with Crippen molar-refractivity contribution in [2.24, 2.45) is 0 Å². The highest BCUT2D eigenvalue weighted by Crippen LogP contribution is 2.30. The van der Waals surface area contributed by atoms with Gasteiger partial charge in [-0.25, -0.2) is 4.98 Å². The van der Waals surface area contributed by atoms with E-state index in [1.807, 2.05) is 0 Å². The van der Waals surface area contributed by atoms with Crippen LogP contribution in [0, 0.1) is 6.92 Å². The van der Waals surface area contributed by atoms with E-state index in [0.717, 1.165) is 22.3 Å². The van der Waals surface area contributed by atoms with Gasteiger partial charge in [-0.05, 0) is 36.8 Å². The van der Waals surface area contributed by atoms with Crippen LogP contribution in [0.5, 0.6) is 5.75 Å². The summed E-state index contributed by atoms with van der Waals surface area (Å²) >= 11 is 0. The number of amides is 1. The van der Waals surface area contributed by atoms with E-state index in [0.29, 0.717) is 11.4 Å². The van der Waals surface area contributed by atoms with Gasteiger partial charge < -0.3 is 15.2 Å². The number of benzene rings is 2. The lowest BCUT2D eigenvalue weighted by atomic mass is 10.1. The number of carbonyl (C=O) groups excluding carboxylic acids is 1. The molecule has 0 aliphatic rings. The van der Waals surface area contributed by atoms with Crippen LogP contribution in [0.15, 0.2) is 53.3 Å². The number of hydrogen-bond acceptors (Lipinski definition) is 5. The summed E-state index contributed by atoms with van der Waals surface area (Å²) in [6.45, 7) is 1.10. The molecule has 0 spiro atoms. The van der Waals surface area contributed by atoms with Crippen molar-refractivity contribution in [2.75, 3.05) is 13.7 Å². The smallest absolute Gasteiger partial charge is 0.416 e. The Balaban J connectivity index is 1.91. The highest BCUT2D eigenvalue weighted by atomic mass is 19.4. The first-order valence-corrected chi connectivity index (χ1v) is 10.4. The first-order chi connectivity index (χ1) is 16.1. The van der Waals surface area contributed by atoms with Crippen molar-refractivity contribution in [3.63, 3.8) is 0 Å². The zero-order chi connectivity index (χ0) is 24.9. The molecule has 2 aromatic carbocycles. The molecular weight excluding hydrogens is 451 g/mol. The minimum absolute atomic E-state index is 0.0401. The molecule has 0 fully saturated rings. The lowest BCUT2D eigenvalue weighted by Gasteiger charge is -2.16. The van der Waals surface area contributed by atoms with Crippen molar-refractivity contribution >= 4 is 5.91 Å². The van der Waals surface area contributed by atoms with Crippen LogP contribution < -0.4 is 15.6 Å². The lowest BCUT2D eigenvalue weighted by molar-refractivity contribution is -0.137. The van der Waals surface area contributed by atoms with Crippen LogP contribution in [0.2, 0.25) is 0 Å². The van der Waals surface area contributed by atoms with Gasteiger partial charge in [-0.15, -0.1) is 0 Å². The standard InChI is InChI=1S/C24H24F3N3O4/c1-15-20(11-12-31)23(33)30(14-21(32)28-13-16-3-9-19(34-2)10-4-16)22(29-15)17-5-7-18(8-6-17)24(25,26)27/h3-10,31H,11-14H2,1-2H3,(H,28,32). The summed E-state index contributed by atoms with van der Waals surface area (Å²) in [6.07, 6.45) is -4.47. The van der Waals surface area contributed by atoms with Crippen LogP contribution in [0.1, 0.15) is 22.4 Å². The van der Waals surface area contributed by atoms with Gasteiger partial charge in [-0.3, -0.25) is 14.2 Å². The quantitative estimate of drug-likeness (QED) is 0.522. The normalized spacial score (nSPS) is 11.4. The van der Waals surface area contributed by atoms with Crippen LogP contribution >= 0.6 is 0 Å². The molecule has 10 heteroatoms. The number of methoxy groups -OCH3 is 1. The summed E-state index contributed by atoms with van der Waals surface area (Å²) in [7, 11) is 1.55. The van der Waals surface area contributed by atoms with Crippen molar-refractivity contribution in [1.29, 1.82) is 0 Å². The number of ether oxygens (including phenoxy) is 1. The van der Waals surface area contributed by atoms with Gasteiger partial charge in [0, 0.05) is 36.4 Å². The van der Waals surface area contributed by atoms with Crippen LogP contribution in [-0.4, -0.2) is 34.3 Å². The van der Waals surface area contributed by atoms with Crippen molar-refractivity contribution in [3.8, 4) is 17.1 Å². The second-order valence-corrected chi connectivity index (χ2v) is 7.56. The summed E-state index contributed by atoms with van der Waals surface area (Å²) in [5, 5.41) is 12.0. The monoisotopic (exact) mass is 475 g/mol. The molecule has 34 heavy (non-hydrogen) atoms. The van der Waals surface area contributed by atoms with Crippen molar-refractivity contribution in [3.05, 3.63) is 81.3 Å². The minimum atomic E-state index is -4.51. The molecule has 2 N–H and O–H groups in total. The van der Waals surface area contributed by atoms with Crippen LogP contribution in [0.4, 0.5) is 13.2 Å². The molecule has 0 unspecified atom stereocenters. The van der Waals surface area contributed by atoms with E-state index < -0.39 is 29.8 Å². The molecule has 3 aromatic rings. The van der Waals surface area contributed by atoms with E-state index in [4.69, 9.17) is 4.74 Å².